The average Bonchev–Trinajstić information content (AvgIpc) is 3.08. The van der Waals surface area contributed by atoms with Crippen LogP contribution in [0.25, 0.3) is 0 Å². The number of rotatable bonds is 7. The van der Waals surface area contributed by atoms with Crippen molar-refractivity contribution in [1.82, 2.24) is 15.6 Å². The molecule has 2 heterocycles. The fraction of sp³-hybridized carbons (Fsp3) is 0.444. The van der Waals surface area contributed by atoms with Crippen LogP contribution in [-0.2, 0) is 6.42 Å². The molecule has 2 aromatic heterocycles. The highest BCUT2D eigenvalue weighted by Crippen LogP contribution is 2.18. The predicted octanol–water partition coefficient (Wildman–Crippen LogP) is 3.35. The van der Waals surface area contributed by atoms with Gasteiger partial charge >= 0.3 is 0 Å². The lowest BCUT2D eigenvalue weighted by atomic mass is 10.1. The van der Waals surface area contributed by atoms with Crippen LogP contribution in [0.1, 0.15) is 36.5 Å². The molecule has 0 amide bonds. The number of thiophene rings is 1. The molecule has 5 heteroatoms. The van der Waals surface area contributed by atoms with Crippen LogP contribution in [-0.4, -0.2) is 30.6 Å². The number of pyridine rings is 1. The Labute approximate surface area is 143 Å². The molecular formula is C18H26N4S. The molecule has 2 rings (SSSR count). The summed E-state index contributed by atoms with van der Waals surface area (Å²) in [5, 5.41) is 11.1. The van der Waals surface area contributed by atoms with E-state index in [1.165, 1.54) is 16.7 Å². The summed E-state index contributed by atoms with van der Waals surface area (Å²) in [4.78, 5) is 8.84. The van der Waals surface area contributed by atoms with Crippen LogP contribution in [0.4, 0.5) is 0 Å². The van der Waals surface area contributed by atoms with Gasteiger partial charge in [0.25, 0.3) is 0 Å². The molecule has 2 N–H and O–H groups in total. The van der Waals surface area contributed by atoms with Crippen LogP contribution in [0.2, 0.25) is 0 Å². The van der Waals surface area contributed by atoms with Gasteiger partial charge in [0.1, 0.15) is 0 Å². The Balaban J connectivity index is 1.85. The minimum absolute atomic E-state index is 0.444. The third kappa shape index (κ3) is 5.67. The van der Waals surface area contributed by atoms with Gasteiger partial charge in [0.15, 0.2) is 5.96 Å². The SMILES string of the molecule is CCNC(=NCC(C)c1ccsc1)NCCc1ccncc1C. The van der Waals surface area contributed by atoms with Crippen molar-refractivity contribution >= 4 is 17.3 Å². The van der Waals surface area contributed by atoms with Gasteiger partial charge in [-0.2, -0.15) is 11.3 Å². The third-order valence-electron chi connectivity index (χ3n) is 3.80. The van der Waals surface area contributed by atoms with E-state index in [0.29, 0.717) is 5.92 Å². The van der Waals surface area contributed by atoms with Crippen molar-refractivity contribution in [3.63, 3.8) is 0 Å². The number of nitrogens with zero attached hydrogens (tertiary/aromatic N) is 2. The molecule has 0 bridgehead atoms. The fourth-order valence-electron chi connectivity index (χ4n) is 2.33. The highest BCUT2D eigenvalue weighted by atomic mass is 32.1. The zero-order valence-electron chi connectivity index (χ0n) is 14.2. The molecule has 0 aliphatic heterocycles. The van der Waals surface area contributed by atoms with Gasteiger partial charge < -0.3 is 10.6 Å². The Morgan fingerprint density at radius 2 is 2.22 bits per heavy atom. The molecule has 4 nitrogen and oxygen atoms in total. The minimum atomic E-state index is 0.444. The van der Waals surface area contributed by atoms with Gasteiger partial charge in [-0.1, -0.05) is 6.92 Å². The van der Waals surface area contributed by atoms with E-state index in [1.54, 1.807) is 11.3 Å². The lowest BCUT2D eigenvalue weighted by Gasteiger charge is -2.13. The molecule has 0 saturated heterocycles. The molecule has 1 atom stereocenters. The van der Waals surface area contributed by atoms with Gasteiger partial charge in [-0.05, 0) is 59.9 Å². The van der Waals surface area contributed by atoms with Crippen molar-refractivity contribution in [1.29, 1.82) is 0 Å². The summed E-state index contributed by atoms with van der Waals surface area (Å²) in [6.07, 6.45) is 4.74. The zero-order valence-corrected chi connectivity index (χ0v) is 15.0. The Morgan fingerprint density at radius 3 is 2.91 bits per heavy atom. The predicted molar refractivity (Wildman–Crippen MR) is 99.4 cm³/mol. The minimum Gasteiger partial charge on any atom is -0.357 e. The number of guanidine groups is 1. The molecule has 0 aliphatic carbocycles. The molecule has 2 aromatic rings. The van der Waals surface area contributed by atoms with Crippen molar-refractivity contribution in [2.75, 3.05) is 19.6 Å². The van der Waals surface area contributed by atoms with Crippen molar-refractivity contribution in [2.24, 2.45) is 4.99 Å². The summed E-state index contributed by atoms with van der Waals surface area (Å²) in [5.74, 6) is 1.33. The van der Waals surface area contributed by atoms with E-state index < -0.39 is 0 Å². The van der Waals surface area contributed by atoms with E-state index in [-0.39, 0.29) is 0 Å². The van der Waals surface area contributed by atoms with Crippen LogP contribution in [0, 0.1) is 6.92 Å². The first-order chi connectivity index (χ1) is 11.2. The van der Waals surface area contributed by atoms with Crippen molar-refractivity contribution in [3.05, 3.63) is 52.0 Å². The number of hydrogen-bond acceptors (Lipinski definition) is 3. The second-order valence-corrected chi connectivity index (χ2v) is 6.44. The van der Waals surface area contributed by atoms with E-state index in [9.17, 15) is 0 Å². The Hall–Kier alpha value is -1.88. The van der Waals surface area contributed by atoms with Crippen LogP contribution in [0.5, 0.6) is 0 Å². The van der Waals surface area contributed by atoms with E-state index in [0.717, 1.165) is 32.0 Å². The van der Waals surface area contributed by atoms with E-state index in [1.807, 2.05) is 12.4 Å². The first-order valence-electron chi connectivity index (χ1n) is 8.14. The quantitative estimate of drug-likeness (QED) is 0.604. The molecular weight excluding hydrogens is 304 g/mol. The molecule has 0 aromatic carbocycles. The summed E-state index contributed by atoms with van der Waals surface area (Å²) >= 11 is 1.74. The second-order valence-electron chi connectivity index (χ2n) is 5.66. The molecule has 0 saturated carbocycles. The van der Waals surface area contributed by atoms with Gasteiger partial charge in [-0.25, -0.2) is 0 Å². The molecule has 23 heavy (non-hydrogen) atoms. The first kappa shape index (κ1) is 17.5. The molecule has 1 unspecified atom stereocenters. The lowest BCUT2D eigenvalue weighted by molar-refractivity contribution is 0.747. The van der Waals surface area contributed by atoms with E-state index in [2.05, 4.69) is 59.3 Å². The maximum absolute atomic E-state index is 4.71. The molecule has 124 valence electrons. The van der Waals surface area contributed by atoms with Crippen molar-refractivity contribution < 1.29 is 0 Å². The maximum atomic E-state index is 4.71. The topological polar surface area (TPSA) is 49.3 Å². The first-order valence-corrected chi connectivity index (χ1v) is 9.08. The van der Waals surface area contributed by atoms with Gasteiger partial charge in [0, 0.05) is 37.9 Å². The van der Waals surface area contributed by atoms with Crippen LogP contribution < -0.4 is 10.6 Å². The summed E-state index contributed by atoms with van der Waals surface area (Å²) in [5.41, 5.74) is 3.93. The molecule has 0 aliphatic rings. The van der Waals surface area contributed by atoms with E-state index >= 15 is 0 Å². The average molecular weight is 331 g/mol. The van der Waals surface area contributed by atoms with Crippen LogP contribution in [0.15, 0.2) is 40.3 Å². The number of aliphatic imine (C=N–C) groups is 1. The van der Waals surface area contributed by atoms with Crippen molar-refractivity contribution in [2.45, 2.75) is 33.1 Å². The summed E-state index contributed by atoms with van der Waals surface area (Å²) in [7, 11) is 0. The molecule has 0 fully saturated rings. The highest BCUT2D eigenvalue weighted by molar-refractivity contribution is 7.07. The summed E-state index contributed by atoms with van der Waals surface area (Å²) < 4.78 is 0. The van der Waals surface area contributed by atoms with Gasteiger partial charge in [0.05, 0.1) is 0 Å². The van der Waals surface area contributed by atoms with Gasteiger partial charge in [-0.3, -0.25) is 9.98 Å². The van der Waals surface area contributed by atoms with Crippen LogP contribution >= 0.6 is 11.3 Å². The third-order valence-corrected chi connectivity index (χ3v) is 4.50. The van der Waals surface area contributed by atoms with Crippen LogP contribution in [0.3, 0.4) is 0 Å². The highest BCUT2D eigenvalue weighted by Gasteiger charge is 2.06. The Kier molecular flexibility index (Phi) is 7.07. The fourth-order valence-corrected chi connectivity index (χ4v) is 3.11. The number of aromatic nitrogens is 1. The normalized spacial score (nSPS) is 12.9. The number of nitrogens with one attached hydrogen (secondary N) is 2. The monoisotopic (exact) mass is 330 g/mol. The summed E-state index contributed by atoms with van der Waals surface area (Å²) in [6, 6.07) is 4.26. The Bertz CT molecular complexity index is 607. The maximum Gasteiger partial charge on any atom is 0.191 e. The standard InChI is InChI=1S/C18H26N4S/c1-4-20-18(22-12-15(3)17-7-10-23-13-17)21-9-6-16-5-8-19-11-14(16)2/h5,7-8,10-11,13,15H,4,6,9,12H2,1-3H3,(H2,20,21,22). The van der Waals surface area contributed by atoms with E-state index in [4.69, 9.17) is 4.99 Å². The smallest absolute Gasteiger partial charge is 0.191 e. The zero-order chi connectivity index (χ0) is 16.5. The number of hydrogen-bond donors (Lipinski definition) is 2. The van der Waals surface area contributed by atoms with Gasteiger partial charge in [0.2, 0.25) is 0 Å². The molecule has 0 spiro atoms. The van der Waals surface area contributed by atoms with Gasteiger partial charge in [-0.15, -0.1) is 0 Å². The lowest BCUT2D eigenvalue weighted by Crippen LogP contribution is -2.38. The Morgan fingerprint density at radius 1 is 1.35 bits per heavy atom. The summed E-state index contributed by atoms with van der Waals surface area (Å²) in [6.45, 7) is 8.93. The van der Waals surface area contributed by atoms with Crippen molar-refractivity contribution in [3.8, 4) is 0 Å². The largest absolute Gasteiger partial charge is 0.357 e. The number of aryl methyl sites for hydroxylation is 1. The molecule has 0 radical (unpaired) electrons. The second kappa shape index (κ2) is 9.30.